The summed E-state index contributed by atoms with van der Waals surface area (Å²) in [4.78, 5) is 10.7. The second-order valence-electron chi connectivity index (χ2n) is 3.84. The molecule has 0 bridgehead atoms. The van der Waals surface area contributed by atoms with Gasteiger partial charge in [-0.2, -0.15) is 0 Å². The minimum absolute atomic E-state index is 0.399. The average molecular weight is 200 g/mol. The first-order valence-electron chi connectivity index (χ1n) is 5.55. The Kier molecular flexibility index (Phi) is 5.52. The highest BCUT2D eigenvalue weighted by atomic mass is 32.2. The largest absolute Gasteiger partial charge is 0.286 e. The Hall–Kier alpha value is 0.0200. The van der Waals surface area contributed by atoms with E-state index in [0.717, 1.165) is 6.42 Å². The Labute approximate surface area is 85.7 Å². The van der Waals surface area contributed by atoms with E-state index in [1.807, 2.05) is 0 Å². The van der Waals surface area contributed by atoms with Crippen LogP contribution < -0.4 is 0 Å². The van der Waals surface area contributed by atoms with Crippen LogP contribution in [0, 0.1) is 0 Å². The lowest BCUT2D eigenvalue weighted by molar-refractivity contribution is -0.107. The summed E-state index contributed by atoms with van der Waals surface area (Å²) in [5.74, 6) is 0. The van der Waals surface area contributed by atoms with Crippen LogP contribution in [0.4, 0.5) is 0 Å². The molecule has 76 valence electrons. The summed E-state index contributed by atoms with van der Waals surface area (Å²) in [5.41, 5.74) is 0. The summed E-state index contributed by atoms with van der Waals surface area (Å²) >= 11 is 1.52. The average Bonchev–Trinajstić information content (AvgIpc) is 2.81. The van der Waals surface area contributed by atoms with Gasteiger partial charge in [-0.3, -0.25) is 4.79 Å². The van der Waals surface area contributed by atoms with Gasteiger partial charge in [0.25, 0.3) is 0 Å². The van der Waals surface area contributed by atoms with Crippen molar-refractivity contribution in [3.05, 3.63) is 0 Å². The number of hydrogen-bond donors (Lipinski definition) is 0. The maximum absolute atomic E-state index is 10.7. The van der Waals surface area contributed by atoms with Crippen molar-refractivity contribution in [3.63, 3.8) is 0 Å². The third-order valence-corrected chi connectivity index (χ3v) is 3.53. The molecule has 1 saturated heterocycles. The Balaban J connectivity index is 1.72. The van der Waals surface area contributed by atoms with Gasteiger partial charge < -0.3 is 0 Å². The quantitative estimate of drug-likeness (QED) is 0.438. The molecular formula is C11H20OS. The van der Waals surface area contributed by atoms with E-state index >= 15 is 0 Å². The van der Waals surface area contributed by atoms with Crippen molar-refractivity contribution in [2.45, 2.75) is 63.5 Å². The van der Waals surface area contributed by atoms with E-state index in [1.54, 1.807) is 0 Å². The van der Waals surface area contributed by atoms with Crippen LogP contribution in [-0.4, -0.2) is 10.4 Å². The minimum atomic E-state index is 0.399. The van der Waals surface area contributed by atoms with Gasteiger partial charge in [0.1, 0.15) is 0 Å². The first-order chi connectivity index (χ1) is 6.34. The molecule has 1 atom stereocenters. The second-order valence-corrected chi connectivity index (χ2v) is 5.04. The molecule has 0 spiro atoms. The van der Waals surface area contributed by atoms with Gasteiger partial charge in [-0.15, -0.1) is 0 Å². The second kappa shape index (κ2) is 6.47. The molecule has 0 amide bonds. The van der Waals surface area contributed by atoms with E-state index in [2.05, 4.69) is 6.92 Å². The number of unbranched alkanes of at least 4 members (excludes halogenated alkanes) is 6. The molecular weight excluding hydrogens is 180 g/mol. The van der Waals surface area contributed by atoms with Crippen LogP contribution >= 0.6 is 11.8 Å². The fraction of sp³-hybridized carbons (Fsp3) is 0.909. The zero-order valence-corrected chi connectivity index (χ0v) is 9.37. The van der Waals surface area contributed by atoms with Crippen LogP contribution in [0.2, 0.25) is 0 Å². The highest BCUT2D eigenvalue weighted by Gasteiger charge is 2.34. The van der Waals surface area contributed by atoms with Crippen molar-refractivity contribution in [2.24, 2.45) is 0 Å². The standard InChI is InChI=1S/C11H20OS/c1-2-3-4-5-6-7-8-9-10-11(12)13-10/h10H,2-9H2,1H3/t10-/m0/s1. The topological polar surface area (TPSA) is 17.1 Å². The first kappa shape index (κ1) is 11.1. The van der Waals surface area contributed by atoms with E-state index in [-0.39, 0.29) is 0 Å². The van der Waals surface area contributed by atoms with Gasteiger partial charge in [0.05, 0.1) is 5.25 Å². The van der Waals surface area contributed by atoms with Crippen molar-refractivity contribution in [3.8, 4) is 0 Å². The maximum Gasteiger partial charge on any atom is 0.203 e. The van der Waals surface area contributed by atoms with Crippen LogP contribution in [-0.2, 0) is 4.79 Å². The summed E-state index contributed by atoms with van der Waals surface area (Å²) in [5, 5.41) is 0.821. The van der Waals surface area contributed by atoms with E-state index in [9.17, 15) is 4.79 Å². The van der Waals surface area contributed by atoms with Gasteiger partial charge in [-0.1, -0.05) is 63.6 Å². The van der Waals surface area contributed by atoms with Crippen LogP contribution in [0.15, 0.2) is 0 Å². The molecule has 13 heavy (non-hydrogen) atoms. The third-order valence-electron chi connectivity index (χ3n) is 2.53. The highest BCUT2D eigenvalue weighted by Crippen LogP contribution is 2.36. The van der Waals surface area contributed by atoms with Gasteiger partial charge >= 0.3 is 0 Å². The van der Waals surface area contributed by atoms with Crippen LogP contribution in [0.25, 0.3) is 0 Å². The fourth-order valence-electron chi connectivity index (χ4n) is 1.57. The van der Waals surface area contributed by atoms with Crippen molar-refractivity contribution in [2.75, 3.05) is 0 Å². The van der Waals surface area contributed by atoms with Crippen LogP contribution in [0.5, 0.6) is 0 Å². The molecule has 0 aromatic heterocycles. The van der Waals surface area contributed by atoms with Crippen molar-refractivity contribution in [1.29, 1.82) is 0 Å². The molecule has 0 saturated carbocycles. The van der Waals surface area contributed by atoms with Crippen LogP contribution in [0.1, 0.15) is 58.3 Å². The monoisotopic (exact) mass is 200 g/mol. The maximum atomic E-state index is 10.7. The Morgan fingerprint density at radius 3 is 2.15 bits per heavy atom. The molecule has 1 rings (SSSR count). The lowest BCUT2D eigenvalue weighted by Crippen LogP contribution is -1.87. The molecule has 0 unspecified atom stereocenters. The lowest BCUT2D eigenvalue weighted by atomic mass is 10.1. The van der Waals surface area contributed by atoms with Gasteiger partial charge in [-0.25, -0.2) is 0 Å². The van der Waals surface area contributed by atoms with Crippen molar-refractivity contribution < 1.29 is 4.79 Å². The Bertz CT molecular complexity index is 156. The number of carbonyl (C=O) groups excluding carboxylic acids is 1. The molecule has 2 heteroatoms. The molecule has 0 N–H and O–H groups in total. The fourth-order valence-corrected chi connectivity index (χ4v) is 2.18. The summed E-state index contributed by atoms with van der Waals surface area (Å²) in [6.45, 7) is 2.25. The molecule has 0 aliphatic carbocycles. The zero-order chi connectivity index (χ0) is 9.52. The summed E-state index contributed by atoms with van der Waals surface area (Å²) in [6.07, 6.45) is 10.6. The molecule has 0 aromatic rings. The normalized spacial score (nSPS) is 20.7. The van der Waals surface area contributed by atoms with Crippen LogP contribution in [0.3, 0.4) is 0 Å². The molecule has 1 fully saturated rings. The van der Waals surface area contributed by atoms with Crippen molar-refractivity contribution in [1.82, 2.24) is 0 Å². The van der Waals surface area contributed by atoms with Gasteiger partial charge in [0, 0.05) is 0 Å². The SMILES string of the molecule is CCCCCCCCC[C@@H]1SC1=O. The predicted octanol–water partition coefficient (Wildman–Crippen LogP) is 3.77. The molecule has 0 aromatic carbocycles. The van der Waals surface area contributed by atoms with E-state index in [0.29, 0.717) is 10.4 Å². The summed E-state index contributed by atoms with van der Waals surface area (Å²) < 4.78 is 0. The number of hydrogen-bond acceptors (Lipinski definition) is 2. The van der Waals surface area contributed by atoms with E-state index < -0.39 is 0 Å². The van der Waals surface area contributed by atoms with Gasteiger partial charge in [0.2, 0.25) is 5.12 Å². The molecule has 1 aliphatic heterocycles. The van der Waals surface area contributed by atoms with Gasteiger partial charge in [0.15, 0.2) is 0 Å². The number of thioether (sulfide) groups is 1. The third kappa shape index (κ3) is 5.35. The van der Waals surface area contributed by atoms with E-state index in [4.69, 9.17) is 0 Å². The van der Waals surface area contributed by atoms with Gasteiger partial charge in [-0.05, 0) is 6.42 Å². The Morgan fingerprint density at radius 1 is 1.08 bits per heavy atom. The zero-order valence-electron chi connectivity index (χ0n) is 8.55. The lowest BCUT2D eigenvalue weighted by Gasteiger charge is -1.98. The highest BCUT2D eigenvalue weighted by molar-refractivity contribution is 8.25. The summed E-state index contributed by atoms with van der Waals surface area (Å²) in [6, 6.07) is 0. The molecule has 1 nitrogen and oxygen atoms in total. The smallest absolute Gasteiger partial charge is 0.203 e. The van der Waals surface area contributed by atoms with E-state index in [1.165, 1.54) is 56.7 Å². The minimum Gasteiger partial charge on any atom is -0.286 e. The number of carbonyl (C=O) groups is 1. The molecule has 1 heterocycles. The number of rotatable bonds is 8. The summed E-state index contributed by atoms with van der Waals surface area (Å²) in [7, 11) is 0. The van der Waals surface area contributed by atoms with Crippen molar-refractivity contribution >= 4 is 16.9 Å². The first-order valence-corrected chi connectivity index (χ1v) is 6.43. The molecule has 0 radical (unpaired) electrons. The Morgan fingerprint density at radius 2 is 1.62 bits per heavy atom. The predicted molar refractivity (Wildman–Crippen MR) is 59.0 cm³/mol. The molecule has 1 aliphatic rings.